The van der Waals surface area contributed by atoms with E-state index in [1.165, 1.54) is 11.3 Å². The number of carbonyl (C=O) groups excluding carboxylic acids is 1. The second kappa shape index (κ2) is 7.70. The molecule has 2 fully saturated rings. The molecule has 1 aromatic carbocycles. The molecule has 33 heavy (non-hydrogen) atoms. The Morgan fingerprint density at radius 1 is 1.18 bits per heavy atom. The van der Waals surface area contributed by atoms with Gasteiger partial charge in [-0.1, -0.05) is 0 Å². The van der Waals surface area contributed by atoms with Crippen LogP contribution < -0.4 is 4.90 Å². The molecule has 0 radical (unpaired) electrons. The molecule has 0 aliphatic carbocycles. The van der Waals surface area contributed by atoms with Crippen molar-refractivity contribution in [2.75, 3.05) is 18.0 Å². The van der Waals surface area contributed by atoms with Crippen molar-refractivity contribution >= 4 is 34.5 Å². The van der Waals surface area contributed by atoms with Crippen molar-refractivity contribution in [2.24, 2.45) is 0 Å². The van der Waals surface area contributed by atoms with Crippen molar-refractivity contribution in [3.8, 4) is 10.6 Å². The van der Waals surface area contributed by atoms with E-state index in [0.717, 1.165) is 29.0 Å². The molecule has 3 aromatic rings. The van der Waals surface area contributed by atoms with E-state index in [2.05, 4.69) is 9.88 Å². The highest BCUT2D eigenvalue weighted by Crippen LogP contribution is 2.39. The highest BCUT2D eigenvalue weighted by molar-refractivity contribution is 7.13. The van der Waals surface area contributed by atoms with Crippen LogP contribution in [-0.4, -0.2) is 56.8 Å². The minimum absolute atomic E-state index is 0.0685. The van der Waals surface area contributed by atoms with Gasteiger partial charge in [0.15, 0.2) is 5.58 Å². The average Bonchev–Trinajstić information content (AvgIpc) is 3.43. The molecule has 8 nitrogen and oxygen atoms in total. The fraction of sp³-hybridized carbons (Fsp3) is 0.542. The Balaban J connectivity index is 1.47. The molecular formula is C24H30N4O4S. The number of fused-ring (bicyclic) bond motifs is 3. The summed E-state index contributed by atoms with van der Waals surface area (Å²) in [5.41, 5.74) is 1.41. The van der Waals surface area contributed by atoms with E-state index in [1.807, 2.05) is 43.2 Å². The lowest BCUT2D eigenvalue weighted by Crippen LogP contribution is -2.56. The molecule has 2 unspecified atom stereocenters. The number of oxazole rings is 1. The second-order valence-corrected chi connectivity index (χ2v) is 11.3. The van der Waals surface area contributed by atoms with Crippen LogP contribution in [0.25, 0.3) is 21.7 Å². The number of hydrogen-bond acceptors (Lipinski definition) is 8. The van der Waals surface area contributed by atoms with Gasteiger partial charge in [-0.15, -0.1) is 11.3 Å². The van der Waals surface area contributed by atoms with Crippen LogP contribution in [0.3, 0.4) is 0 Å². The Bertz CT molecular complexity index is 1160. The average molecular weight is 471 g/mol. The normalized spacial score (nSPS) is 21.2. The van der Waals surface area contributed by atoms with E-state index in [0.29, 0.717) is 30.2 Å². The summed E-state index contributed by atoms with van der Waals surface area (Å²) in [5.74, 6) is 0. The number of carbonyl (C=O) groups is 1. The molecule has 2 saturated heterocycles. The summed E-state index contributed by atoms with van der Waals surface area (Å²) in [7, 11) is 0. The number of thiazole rings is 1. The van der Waals surface area contributed by atoms with Gasteiger partial charge in [0, 0.05) is 24.7 Å². The molecule has 1 amide bonds. The van der Waals surface area contributed by atoms with E-state index >= 15 is 0 Å². The zero-order valence-electron chi connectivity index (χ0n) is 19.7. The third kappa shape index (κ3) is 4.19. The van der Waals surface area contributed by atoms with Crippen molar-refractivity contribution in [3.05, 3.63) is 29.3 Å². The maximum absolute atomic E-state index is 12.8. The summed E-state index contributed by atoms with van der Waals surface area (Å²) in [5, 5.41) is 13.4. The first-order chi connectivity index (χ1) is 15.5. The largest absolute Gasteiger partial charge is 0.444 e. The van der Waals surface area contributed by atoms with Gasteiger partial charge in [-0.25, -0.2) is 9.78 Å². The van der Waals surface area contributed by atoms with E-state index < -0.39 is 11.2 Å². The number of aromatic nitrogens is 2. The number of anilines is 1. The second-order valence-electron chi connectivity index (χ2n) is 10.4. The van der Waals surface area contributed by atoms with Crippen molar-refractivity contribution in [2.45, 2.75) is 70.7 Å². The van der Waals surface area contributed by atoms with Crippen LogP contribution >= 0.6 is 11.3 Å². The summed E-state index contributed by atoms with van der Waals surface area (Å²) < 4.78 is 11.9. The van der Waals surface area contributed by atoms with Crippen LogP contribution in [0.5, 0.6) is 0 Å². The van der Waals surface area contributed by atoms with Crippen LogP contribution in [-0.2, 0) is 10.3 Å². The summed E-state index contributed by atoms with van der Waals surface area (Å²) >= 11 is 1.52. The molecule has 2 bridgehead atoms. The van der Waals surface area contributed by atoms with Crippen molar-refractivity contribution in [3.63, 3.8) is 0 Å². The smallest absolute Gasteiger partial charge is 0.410 e. The number of aliphatic hydroxyl groups is 1. The van der Waals surface area contributed by atoms with Gasteiger partial charge in [-0.3, -0.25) is 4.90 Å². The first kappa shape index (κ1) is 22.2. The van der Waals surface area contributed by atoms with E-state index in [-0.39, 0.29) is 18.2 Å². The molecule has 2 aliphatic heterocycles. The maximum Gasteiger partial charge on any atom is 0.410 e. The highest BCUT2D eigenvalue weighted by atomic mass is 32.1. The Labute approximate surface area is 197 Å². The molecule has 0 saturated carbocycles. The summed E-state index contributed by atoms with van der Waals surface area (Å²) in [6.07, 6.45) is 3.39. The lowest BCUT2D eigenvalue weighted by Gasteiger charge is -2.40. The monoisotopic (exact) mass is 470 g/mol. The summed E-state index contributed by atoms with van der Waals surface area (Å²) in [4.78, 5) is 26.1. The number of amides is 1. The van der Waals surface area contributed by atoms with Crippen LogP contribution in [0, 0.1) is 0 Å². The van der Waals surface area contributed by atoms with E-state index in [1.54, 1.807) is 20.0 Å². The molecule has 2 aromatic heterocycles. The maximum atomic E-state index is 12.8. The van der Waals surface area contributed by atoms with Crippen molar-refractivity contribution < 1.29 is 19.1 Å². The predicted molar refractivity (Wildman–Crippen MR) is 127 cm³/mol. The van der Waals surface area contributed by atoms with Gasteiger partial charge in [-0.2, -0.15) is 4.98 Å². The number of ether oxygens (including phenoxy) is 1. The zero-order valence-corrected chi connectivity index (χ0v) is 20.5. The molecule has 5 rings (SSSR count). The fourth-order valence-electron chi connectivity index (χ4n) is 4.70. The molecule has 9 heteroatoms. The van der Waals surface area contributed by atoms with Gasteiger partial charge in [0.1, 0.15) is 16.1 Å². The summed E-state index contributed by atoms with van der Waals surface area (Å²) in [6.45, 7) is 10.5. The van der Waals surface area contributed by atoms with E-state index in [4.69, 9.17) is 14.1 Å². The van der Waals surface area contributed by atoms with Gasteiger partial charge in [0.25, 0.3) is 6.01 Å². The molecule has 2 atom stereocenters. The number of nitrogens with zero attached hydrogens (tertiary/aromatic N) is 4. The van der Waals surface area contributed by atoms with Gasteiger partial charge < -0.3 is 19.2 Å². The fourth-order valence-corrected chi connectivity index (χ4v) is 5.35. The first-order valence-corrected chi connectivity index (χ1v) is 12.2. The van der Waals surface area contributed by atoms with Crippen LogP contribution in [0.4, 0.5) is 10.8 Å². The standard InChI is InChI=1S/C24H30N4O4S/c1-23(2,3)32-22(29)28-15-6-7-16(28)13-27(12-15)21-26-18-11-14(24(4,5)30)10-17(19(18)31-21)20-25-8-9-33-20/h8-11,15-16,30H,6-7,12-13H2,1-5H3. The Kier molecular flexibility index (Phi) is 5.17. The molecule has 2 aliphatic rings. The Morgan fingerprint density at radius 2 is 1.88 bits per heavy atom. The minimum Gasteiger partial charge on any atom is -0.444 e. The predicted octanol–water partition coefficient (Wildman–Crippen LogP) is 4.77. The quantitative estimate of drug-likeness (QED) is 0.590. The van der Waals surface area contributed by atoms with Crippen LogP contribution in [0.15, 0.2) is 28.1 Å². The topological polar surface area (TPSA) is 91.9 Å². The van der Waals surface area contributed by atoms with Crippen molar-refractivity contribution in [1.82, 2.24) is 14.9 Å². The lowest BCUT2D eigenvalue weighted by molar-refractivity contribution is 0.0120. The highest BCUT2D eigenvalue weighted by Gasteiger charge is 2.45. The van der Waals surface area contributed by atoms with Gasteiger partial charge >= 0.3 is 6.09 Å². The number of rotatable bonds is 3. The van der Waals surface area contributed by atoms with E-state index in [9.17, 15) is 9.90 Å². The van der Waals surface area contributed by atoms with Crippen LogP contribution in [0.2, 0.25) is 0 Å². The minimum atomic E-state index is -1.02. The van der Waals surface area contributed by atoms with Gasteiger partial charge in [0.05, 0.1) is 23.2 Å². The zero-order chi connectivity index (χ0) is 23.5. The van der Waals surface area contributed by atoms with Crippen LogP contribution in [0.1, 0.15) is 53.0 Å². The number of benzene rings is 1. The van der Waals surface area contributed by atoms with Gasteiger partial charge in [-0.05, 0) is 65.2 Å². The van der Waals surface area contributed by atoms with Crippen molar-refractivity contribution in [1.29, 1.82) is 0 Å². The lowest BCUT2D eigenvalue weighted by atomic mass is 9.96. The summed E-state index contributed by atoms with van der Waals surface area (Å²) in [6, 6.07) is 4.49. The first-order valence-electron chi connectivity index (χ1n) is 11.3. The molecule has 4 heterocycles. The molecule has 1 N–H and O–H groups in total. The third-order valence-electron chi connectivity index (χ3n) is 6.20. The Morgan fingerprint density at radius 3 is 2.45 bits per heavy atom. The molecular weight excluding hydrogens is 440 g/mol. The SMILES string of the molecule is CC(C)(C)OC(=O)N1C2CCC1CN(c1nc3cc(C(C)(C)O)cc(-c4nccs4)c3o1)C2. The number of piperazine rings is 1. The molecule has 176 valence electrons. The number of hydrogen-bond donors (Lipinski definition) is 1. The Hall–Kier alpha value is -2.65. The van der Waals surface area contributed by atoms with Gasteiger partial charge in [0.2, 0.25) is 0 Å². The molecule has 0 spiro atoms. The third-order valence-corrected chi connectivity index (χ3v) is 7.01.